The minimum atomic E-state index is -0.302. The van der Waals surface area contributed by atoms with Crippen LogP contribution in [0.4, 0.5) is 5.69 Å². The van der Waals surface area contributed by atoms with Crippen molar-refractivity contribution in [3.05, 3.63) is 69.2 Å². The van der Waals surface area contributed by atoms with Crippen molar-refractivity contribution in [1.29, 1.82) is 0 Å². The largest absolute Gasteiger partial charge is 0.399 e. The Morgan fingerprint density at radius 2 is 1.75 bits per heavy atom. The topological polar surface area (TPSA) is 69.2 Å². The van der Waals surface area contributed by atoms with Crippen molar-refractivity contribution in [2.24, 2.45) is 0 Å². The van der Waals surface area contributed by atoms with Crippen LogP contribution in [0.15, 0.2) is 53.4 Å². The van der Waals surface area contributed by atoms with Crippen LogP contribution >= 0.6 is 23.4 Å². The van der Waals surface area contributed by atoms with Crippen molar-refractivity contribution in [2.45, 2.75) is 10.1 Å². The molecule has 0 amide bonds. The van der Waals surface area contributed by atoms with Gasteiger partial charge in [-0.25, -0.2) is 0 Å². The Balaban J connectivity index is 2.21. The quantitative estimate of drug-likeness (QED) is 0.392. The number of nitrogen functional groups attached to an aromatic ring is 1. The number of halogens is 1. The molecule has 0 aliphatic rings. The number of nitrogens with zero attached hydrogens (tertiary/aromatic N) is 1. The first-order chi connectivity index (χ1) is 9.54. The molecule has 104 valence electrons. The van der Waals surface area contributed by atoms with Gasteiger partial charge in [-0.15, -0.1) is 11.8 Å². The number of hydrogen-bond donors (Lipinski definition) is 1. The average molecular weight is 309 g/mol. The summed E-state index contributed by atoms with van der Waals surface area (Å²) < 4.78 is 0. The Bertz CT molecular complexity index is 587. The molecule has 0 heterocycles. The van der Waals surface area contributed by atoms with Gasteiger partial charge in [0.25, 0.3) is 0 Å². The first-order valence-electron chi connectivity index (χ1n) is 5.94. The summed E-state index contributed by atoms with van der Waals surface area (Å²) >= 11 is 7.29. The molecule has 1 atom stereocenters. The number of hydrogen-bond acceptors (Lipinski definition) is 4. The maximum atomic E-state index is 10.8. The molecule has 4 nitrogen and oxygen atoms in total. The monoisotopic (exact) mass is 308 g/mol. The molecule has 0 aromatic heterocycles. The zero-order valence-electron chi connectivity index (χ0n) is 10.5. The number of thioether (sulfide) groups is 1. The number of nitrogens with two attached hydrogens (primary N) is 1. The normalized spacial score (nSPS) is 12.1. The average Bonchev–Trinajstić information content (AvgIpc) is 2.41. The first-order valence-corrected chi connectivity index (χ1v) is 7.20. The first kappa shape index (κ1) is 14.7. The summed E-state index contributed by atoms with van der Waals surface area (Å²) in [6.45, 7) is -0.142. The van der Waals surface area contributed by atoms with E-state index in [9.17, 15) is 10.1 Å². The van der Waals surface area contributed by atoms with Crippen LogP contribution in [-0.4, -0.2) is 11.5 Å². The molecule has 2 rings (SSSR count). The van der Waals surface area contributed by atoms with Crippen molar-refractivity contribution in [1.82, 2.24) is 0 Å². The van der Waals surface area contributed by atoms with E-state index in [0.717, 1.165) is 10.5 Å². The highest BCUT2D eigenvalue weighted by Crippen LogP contribution is 2.36. The molecule has 0 spiro atoms. The van der Waals surface area contributed by atoms with Gasteiger partial charge in [-0.1, -0.05) is 23.7 Å². The molecular formula is C14H13ClN2O2S. The van der Waals surface area contributed by atoms with Gasteiger partial charge in [-0.3, -0.25) is 10.1 Å². The molecule has 20 heavy (non-hydrogen) atoms. The fourth-order valence-electron chi connectivity index (χ4n) is 1.73. The lowest BCUT2D eigenvalue weighted by atomic mass is 10.1. The van der Waals surface area contributed by atoms with E-state index in [1.54, 1.807) is 24.3 Å². The third-order valence-electron chi connectivity index (χ3n) is 2.72. The van der Waals surface area contributed by atoms with Gasteiger partial charge in [0.2, 0.25) is 6.54 Å². The fraction of sp³-hybridized carbons (Fsp3) is 0.143. The molecule has 0 aliphatic heterocycles. The summed E-state index contributed by atoms with van der Waals surface area (Å²) in [6.07, 6.45) is 0. The summed E-state index contributed by atoms with van der Waals surface area (Å²) in [5.41, 5.74) is 7.19. The van der Waals surface area contributed by atoms with E-state index in [1.807, 2.05) is 24.3 Å². The van der Waals surface area contributed by atoms with Gasteiger partial charge >= 0.3 is 0 Å². The number of nitro groups is 1. The summed E-state index contributed by atoms with van der Waals surface area (Å²) in [7, 11) is 0. The van der Waals surface area contributed by atoms with Gasteiger partial charge in [0.15, 0.2) is 0 Å². The smallest absolute Gasteiger partial charge is 0.220 e. The molecule has 0 bridgehead atoms. The Kier molecular flexibility index (Phi) is 4.87. The van der Waals surface area contributed by atoms with Gasteiger partial charge in [-0.05, 0) is 42.0 Å². The maximum Gasteiger partial charge on any atom is 0.220 e. The molecule has 1 unspecified atom stereocenters. The van der Waals surface area contributed by atoms with Crippen LogP contribution in [0.2, 0.25) is 5.02 Å². The van der Waals surface area contributed by atoms with E-state index in [2.05, 4.69) is 0 Å². The second-order valence-corrected chi connectivity index (χ2v) is 5.95. The van der Waals surface area contributed by atoms with Crippen molar-refractivity contribution >= 4 is 29.1 Å². The van der Waals surface area contributed by atoms with E-state index in [-0.39, 0.29) is 16.7 Å². The van der Waals surface area contributed by atoms with Gasteiger partial charge in [-0.2, -0.15) is 0 Å². The van der Waals surface area contributed by atoms with E-state index in [4.69, 9.17) is 17.3 Å². The Morgan fingerprint density at radius 1 is 1.15 bits per heavy atom. The van der Waals surface area contributed by atoms with Crippen LogP contribution < -0.4 is 5.73 Å². The lowest BCUT2D eigenvalue weighted by Crippen LogP contribution is -2.09. The predicted octanol–water partition coefficient (Wildman–Crippen LogP) is 4.03. The Hall–Kier alpha value is -1.72. The molecule has 6 heteroatoms. The van der Waals surface area contributed by atoms with E-state index >= 15 is 0 Å². The van der Waals surface area contributed by atoms with Crippen molar-refractivity contribution in [3.8, 4) is 0 Å². The SMILES string of the molecule is Nc1ccc(SC(C[N+](=O)[O-])c2ccc(Cl)cc2)cc1. The Morgan fingerprint density at radius 3 is 2.30 bits per heavy atom. The van der Waals surface area contributed by atoms with Crippen LogP contribution in [0.5, 0.6) is 0 Å². The highest BCUT2D eigenvalue weighted by Gasteiger charge is 2.19. The molecule has 0 saturated carbocycles. The number of rotatable bonds is 5. The molecule has 0 saturated heterocycles. The van der Waals surface area contributed by atoms with Crippen LogP contribution in [0, 0.1) is 10.1 Å². The summed E-state index contributed by atoms with van der Waals surface area (Å²) in [4.78, 5) is 11.5. The molecule has 0 fully saturated rings. The lowest BCUT2D eigenvalue weighted by Gasteiger charge is -2.13. The van der Waals surface area contributed by atoms with E-state index in [1.165, 1.54) is 11.8 Å². The van der Waals surface area contributed by atoms with Crippen molar-refractivity contribution < 1.29 is 4.92 Å². The molecule has 2 N–H and O–H groups in total. The van der Waals surface area contributed by atoms with Gasteiger partial charge in [0.1, 0.15) is 0 Å². The summed E-state index contributed by atoms with van der Waals surface area (Å²) in [5.74, 6) is 0. The highest BCUT2D eigenvalue weighted by molar-refractivity contribution is 7.99. The second-order valence-electron chi connectivity index (χ2n) is 4.24. The molecule has 0 aliphatic carbocycles. The van der Waals surface area contributed by atoms with Crippen LogP contribution in [0.1, 0.15) is 10.8 Å². The third-order valence-corrected chi connectivity index (χ3v) is 4.22. The molecule has 2 aromatic carbocycles. The van der Waals surface area contributed by atoms with Crippen LogP contribution in [-0.2, 0) is 0 Å². The summed E-state index contributed by atoms with van der Waals surface area (Å²) in [5, 5.41) is 11.2. The van der Waals surface area contributed by atoms with Gasteiger partial charge < -0.3 is 5.73 Å². The van der Waals surface area contributed by atoms with Gasteiger partial charge in [0.05, 0.1) is 5.25 Å². The number of anilines is 1. The standard InChI is InChI=1S/C14H13ClN2O2S/c15-11-3-1-10(2-4-11)14(9-17(18)19)20-13-7-5-12(16)6-8-13/h1-8,14H,9,16H2. The van der Waals surface area contributed by atoms with Gasteiger partial charge in [0, 0.05) is 20.5 Å². The minimum Gasteiger partial charge on any atom is -0.399 e. The summed E-state index contributed by atoms with van der Waals surface area (Å²) in [6, 6.07) is 14.4. The van der Waals surface area contributed by atoms with E-state index < -0.39 is 0 Å². The number of benzene rings is 2. The zero-order chi connectivity index (χ0) is 14.5. The Labute approximate surface area is 126 Å². The minimum absolute atomic E-state index is 0.142. The predicted molar refractivity (Wildman–Crippen MR) is 82.8 cm³/mol. The third kappa shape index (κ3) is 4.15. The van der Waals surface area contributed by atoms with Crippen LogP contribution in [0.3, 0.4) is 0 Å². The molecule has 2 aromatic rings. The zero-order valence-corrected chi connectivity index (χ0v) is 12.1. The molecular weight excluding hydrogens is 296 g/mol. The fourth-order valence-corrected chi connectivity index (χ4v) is 2.97. The van der Waals surface area contributed by atoms with E-state index in [0.29, 0.717) is 10.7 Å². The second kappa shape index (κ2) is 6.63. The van der Waals surface area contributed by atoms with Crippen molar-refractivity contribution in [3.63, 3.8) is 0 Å². The maximum absolute atomic E-state index is 10.8. The van der Waals surface area contributed by atoms with Crippen LogP contribution in [0.25, 0.3) is 0 Å². The molecule has 0 radical (unpaired) electrons. The van der Waals surface area contributed by atoms with Crippen molar-refractivity contribution in [2.75, 3.05) is 12.3 Å². The highest BCUT2D eigenvalue weighted by atomic mass is 35.5. The lowest BCUT2D eigenvalue weighted by molar-refractivity contribution is -0.479.